The maximum Gasteiger partial charge on any atom is 0.414 e. The zero-order chi connectivity index (χ0) is 14.4. The second-order valence-electron chi connectivity index (χ2n) is 4.14. The van der Waals surface area contributed by atoms with Gasteiger partial charge in [0.1, 0.15) is 12.9 Å². The maximum atomic E-state index is 10.1. The van der Waals surface area contributed by atoms with Crippen LogP contribution in [-0.4, -0.2) is 23.2 Å². The molecule has 0 aliphatic heterocycles. The first-order valence-corrected chi connectivity index (χ1v) is 6.12. The summed E-state index contributed by atoms with van der Waals surface area (Å²) in [5.41, 5.74) is 1.93. The van der Waals surface area contributed by atoms with Crippen LogP contribution in [0.4, 0.5) is 0 Å². The van der Waals surface area contributed by atoms with E-state index in [1.165, 1.54) is 7.11 Å². The van der Waals surface area contributed by atoms with Crippen LogP contribution in [0.25, 0.3) is 11.8 Å². The van der Waals surface area contributed by atoms with E-state index in [-0.39, 0.29) is 11.7 Å². The second kappa shape index (κ2) is 6.43. The molecule has 0 fully saturated rings. The number of hydrogen-bond donors (Lipinski definition) is 3. The Morgan fingerprint density at radius 2 is 1.65 bits per heavy atom. The van der Waals surface area contributed by atoms with Gasteiger partial charge in [0.05, 0.1) is 5.56 Å². The van der Waals surface area contributed by atoms with Gasteiger partial charge in [-0.2, -0.15) is 0 Å². The van der Waals surface area contributed by atoms with Gasteiger partial charge in [0.15, 0.2) is 0 Å². The van der Waals surface area contributed by atoms with Gasteiger partial charge in [-0.15, -0.1) is 0 Å². The molecule has 4 nitrogen and oxygen atoms in total. The van der Waals surface area contributed by atoms with Crippen LogP contribution in [0.1, 0.15) is 16.7 Å². The number of aliphatic hydroxyl groups is 2. The van der Waals surface area contributed by atoms with Crippen molar-refractivity contribution in [3.05, 3.63) is 71.3 Å². The summed E-state index contributed by atoms with van der Waals surface area (Å²) in [6.07, 6.45) is 1.60. The molecule has 0 aromatic heterocycles. The van der Waals surface area contributed by atoms with Crippen LogP contribution >= 0.6 is 0 Å². The van der Waals surface area contributed by atoms with Crippen LogP contribution in [0.15, 0.2) is 54.6 Å². The molecule has 102 valence electrons. The normalized spacial score (nSPS) is 12.2. The summed E-state index contributed by atoms with van der Waals surface area (Å²) in [6, 6.07) is 16.3. The summed E-state index contributed by atoms with van der Waals surface area (Å²) < 4.78 is 0. The molecular formula is C16H16NO3+. The third-order valence-electron chi connectivity index (χ3n) is 2.78. The van der Waals surface area contributed by atoms with Crippen molar-refractivity contribution in [2.75, 3.05) is 7.11 Å². The molecule has 0 amide bonds. The van der Waals surface area contributed by atoms with E-state index >= 15 is 0 Å². The van der Waals surface area contributed by atoms with Crippen molar-refractivity contribution in [2.24, 2.45) is 0 Å². The van der Waals surface area contributed by atoms with Gasteiger partial charge in [-0.3, -0.25) is 4.84 Å². The number of aliphatic hydroxyl groups excluding tert-OH is 2. The van der Waals surface area contributed by atoms with E-state index < -0.39 is 0 Å². The molecule has 2 rings (SSSR count). The highest BCUT2D eigenvalue weighted by atomic mass is 16.6. The van der Waals surface area contributed by atoms with Crippen molar-refractivity contribution in [1.29, 1.82) is 0 Å². The molecule has 2 aromatic carbocycles. The molecule has 0 unspecified atom stereocenters. The van der Waals surface area contributed by atoms with Gasteiger partial charge in [-0.05, 0) is 17.7 Å². The molecule has 0 aliphatic rings. The Hall–Kier alpha value is -2.75. The summed E-state index contributed by atoms with van der Waals surface area (Å²) in [4.78, 5) is 4.68. The Morgan fingerprint density at radius 1 is 1.00 bits per heavy atom. The number of nitrogens with one attached hydrogen (secondary N) is 1. The van der Waals surface area contributed by atoms with Gasteiger partial charge in [-0.25, -0.2) is 0 Å². The first kappa shape index (κ1) is 13.7. The van der Waals surface area contributed by atoms with Crippen molar-refractivity contribution >= 4 is 17.7 Å². The summed E-state index contributed by atoms with van der Waals surface area (Å²) in [5, 5.41) is 22.4. The van der Waals surface area contributed by atoms with Crippen molar-refractivity contribution in [3.63, 3.8) is 0 Å². The summed E-state index contributed by atoms with van der Waals surface area (Å²) >= 11 is 0. The predicted molar refractivity (Wildman–Crippen MR) is 78.1 cm³/mol. The third kappa shape index (κ3) is 3.17. The van der Waals surface area contributed by atoms with E-state index in [4.69, 9.17) is 0 Å². The van der Waals surface area contributed by atoms with Gasteiger partial charge >= 0.3 is 5.90 Å². The SMILES string of the molecule is CO/[NH+]=C(\O)c1ccccc1/C=C(/O)c1ccccc1. The maximum absolute atomic E-state index is 10.1. The molecule has 20 heavy (non-hydrogen) atoms. The van der Waals surface area contributed by atoms with E-state index in [9.17, 15) is 10.2 Å². The molecule has 0 spiro atoms. The van der Waals surface area contributed by atoms with Gasteiger partial charge in [0.2, 0.25) is 0 Å². The van der Waals surface area contributed by atoms with Crippen molar-refractivity contribution in [3.8, 4) is 0 Å². The smallest absolute Gasteiger partial charge is 0.414 e. The Kier molecular flexibility index (Phi) is 4.39. The van der Waals surface area contributed by atoms with Gasteiger partial charge < -0.3 is 10.2 Å². The van der Waals surface area contributed by atoms with Crippen LogP contribution in [0.5, 0.6) is 0 Å². The van der Waals surface area contributed by atoms with E-state index in [0.717, 1.165) is 0 Å². The van der Waals surface area contributed by atoms with Gasteiger partial charge in [0, 0.05) is 10.7 Å². The van der Waals surface area contributed by atoms with E-state index in [1.807, 2.05) is 36.4 Å². The number of rotatable bonds is 4. The van der Waals surface area contributed by atoms with E-state index in [2.05, 4.69) is 9.99 Å². The minimum atomic E-state index is -0.111. The molecule has 0 atom stereocenters. The second-order valence-corrected chi connectivity index (χ2v) is 4.14. The summed E-state index contributed by atoms with van der Waals surface area (Å²) in [5.74, 6) is 0.0171. The lowest BCUT2D eigenvalue weighted by molar-refractivity contribution is -0.748. The number of benzene rings is 2. The lowest BCUT2D eigenvalue weighted by Crippen LogP contribution is -2.71. The lowest BCUT2D eigenvalue weighted by Gasteiger charge is -2.03. The zero-order valence-corrected chi connectivity index (χ0v) is 11.1. The molecule has 0 saturated carbocycles. The van der Waals surface area contributed by atoms with Crippen LogP contribution in [0, 0.1) is 0 Å². The standard InChI is InChI=1S/C16H15NO3/c1-20-17-16(19)14-10-6-5-9-13(14)11-15(18)12-7-3-2-4-8-12/h2-11,18H,1H3,(H,17,19)/p+1/b15-11+. The van der Waals surface area contributed by atoms with E-state index in [0.29, 0.717) is 16.7 Å². The highest BCUT2D eigenvalue weighted by Crippen LogP contribution is 2.17. The van der Waals surface area contributed by atoms with Crippen molar-refractivity contribution in [1.82, 2.24) is 0 Å². The average molecular weight is 270 g/mol. The molecule has 2 aromatic rings. The molecule has 0 heterocycles. The Balaban J connectivity index is 2.41. The van der Waals surface area contributed by atoms with E-state index in [1.54, 1.807) is 24.3 Å². The minimum Gasteiger partial charge on any atom is -0.507 e. The first-order chi connectivity index (χ1) is 9.72. The third-order valence-corrected chi connectivity index (χ3v) is 2.78. The fraction of sp³-hybridized carbons (Fsp3) is 0.0625. The predicted octanol–water partition coefficient (Wildman–Crippen LogP) is 1.69. The monoisotopic (exact) mass is 270 g/mol. The molecule has 4 heteroatoms. The van der Waals surface area contributed by atoms with Crippen LogP contribution in [0.2, 0.25) is 0 Å². The molecule has 0 radical (unpaired) electrons. The van der Waals surface area contributed by atoms with Crippen LogP contribution in [0.3, 0.4) is 0 Å². The van der Waals surface area contributed by atoms with Crippen LogP contribution in [-0.2, 0) is 4.84 Å². The van der Waals surface area contributed by atoms with Gasteiger partial charge in [0.25, 0.3) is 0 Å². The molecule has 0 saturated heterocycles. The number of hydrogen-bond acceptors (Lipinski definition) is 2. The first-order valence-electron chi connectivity index (χ1n) is 6.12. The highest BCUT2D eigenvalue weighted by Gasteiger charge is 2.13. The summed E-state index contributed by atoms with van der Waals surface area (Å²) in [6.45, 7) is 0. The Morgan fingerprint density at radius 3 is 2.35 bits per heavy atom. The molecule has 0 bridgehead atoms. The zero-order valence-electron chi connectivity index (χ0n) is 11.1. The van der Waals surface area contributed by atoms with Gasteiger partial charge in [-0.1, -0.05) is 48.5 Å². The van der Waals surface area contributed by atoms with Crippen molar-refractivity contribution in [2.45, 2.75) is 0 Å². The topological polar surface area (TPSA) is 63.7 Å². The fourth-order valence-corrected chi connectivity index (χ4v) is 1.83. The highest BCUT2D eigenvalue weighted by molar-refractivity contribution is 5.94. The molecule has 0 aliphatic carbocycles. The minimum absolute atomic E-state index is 0.111. The largest absolute Gasteiger partial charge is 0.507 e. The van der Waals surface area contributed by atoms with Crippen molar-refractivity contribution < 1.29 is 20.2 Å². The fourth-order valence-electron chi connectivity index (χ4n) is 1.83. The molecular weight excluding hydrogens is 254 g/mol. The average Bonchev–Trinajstić information content (AvgIpc) is 2.49. The quantitative estimate of drug-likeness (QED) is 0.260. The Bertz CT molecular complexity index is 633. The summed E-state index contributed by atoms with van der Waals surface area (Å²) in [7, 11) is 1.41. The Labute approximate surface area is 117 Å². The molecule has 3 N–H and O–H groups in total. The lowest BCUT2D eigenvalue weighted by atomic mass is 10.0. The van der Waals surface area contributed by atoms with Crippen LogP contribution < -0.4 is 5.16 Å².